The van der Waals surface area contributed by atoms with E-state index in [1.807, 2.05) is 6.07 Å². The zero-order valence-corrected chi connectivity index (χ0v) is 18.7. The van der Waals surface area contributed by atoms with Gasteiger partial charge in [-0.05, 0) is 54.1 Å². The van der Waals surface area contributed by atoms with Gasteiger partial charge in [-0.15, -0.1) is 11.8 Å². The number of carbonyl (C=O) groups is 3. The summed E-state index contributed by atoms with van der Waals surface area (Å²) in [6.45, 7) is 1.21. The van der Waals surface area contributed by atoms with Crippen LogP contribution in [0, 0.1) is 0 Å². The van der Waals surface area contributed by atoms with Crippen molar-refractivity contribution in [2.75, 3.05) is 17.2 Å². The lowest BCUT2D eigenvalue weighted by Gasteiger charge is -2.10. The zero-order valence-electron chi connectivity index (χ0n) is 17.1. The summed E-state index contributed by atoms with van der Waals surface area (Å²) in [7, 11) is 0. The fraction of sp³-hybridized carbons (Fsp3) is 0.136. The van der Waals surface area contributed by atoms with Crippen LogP contribution in [0.2, 0.25) is 5.02 Å². The van der Waals surface area contributed by atoms with E-state index >= 15 is 0 Å². The van der Waals surface area contributed by atoms with Crippen LogP contribution in [0.25, 0.3) is 0 Å². The Morgan fingerprint density at radius 1 is 1.00 bits per heavy atom. The van der Waals surface area contributed by atoms with Crippen molar-refractivity contribution < 1.29 is 14.4 Å². The first-order valence-corrected chi connectivity index (χ1v) is 10.9. The number of amides is 3. The van der Waals surface area contributed by atoms with E-state index in [0.29, 0.717) is 32.9 Å². The number of halogens is 1. The van der Waals surface area contributed by atoms with Gasteiger partial charge >= 0.3 is 0 Å². The van der Waals surface area contributed by atoms with E-state index in [1.54, 1.807) is 54.9 Å². The van der Waals surface area contributed by atoms with Crippen LogP contribution in [0.15, 0.2) is 66.0 Å². The smallest absolute Gasteiger partial charge is 0.258 e. The van der Waals surface area contributed by atoms with Crippen LogP contribution >= 0.6 is 23.4 Å². The number of rotatable bonds is 8. The number of benzene rings is 1. The molecule has 2 heterocycles. The zero-order chi connectivity index (χ0) is 22.9. The van der Waals surface area contributed by atoms with Gasteiger partial charge in [0.05, 0.1) is 12.1 Å². The molecule has 32 heavy (non-hydrogen) atoms. The van der Waals surface area contributed by atoms with E-state index < -0.39 is 0 Å². The predicted molar refractivity (Wildman–Crippen MR) is 125 cm³/mol. The Labute approximate surface area is 194 Å². The molecule has 0 aliphatic rings. The van der Waals surface area contributed by atoms with Crippen LogP contribution in [-0.2, 0) is 15.3 Å². The van der Waals surface area contributed by atoms with Gasteiger partial charge in [0, 0.05) is 35.8 Å². The number of aromatic nitrogens is 2. The van der Waals surface area contributed by atoms with Gasteiger partial charge in [0.25, 0.3) is 5.91 Å². The Hall–Kier alpha value is -3.43. The van der Waals surface area contributed by atoms with Crippen molar-refractivity contribution in [1.29, 1.82) is 0 Å². The molecule has 3 amide bonds. The van der Waals surface area contributed by atoms with Gasteiger partial charge < -0.3 is 16.0 Å². The molecule has 0 spiro atoms. The highest BCUT2D eigenvalue weighted by Crippen LogP contribution is 2.26. The number of pyridine rings is 2. The first kappa shape index (κ1) is 23.2. The van der Waals surface area contributed by atoms with E-state index in [-0.39, 0.29) is 24.3 Å². The number of nitrogens with zero attached hydrogens (tertiary/aromatic N) is 2. The number of nitrogens with one attached hydrogen (secondary N) is 3. The molecule has 10 heteroatoms. The second-order valence-corrected chi connectivity index (χ2v) is 8.01. The van der Waals surface area contributed by atoms with Crippen molar-refractivity contribution in [3.8, 4) is 0 Å². The topological polar surface area (TPSA) is 113 Å². The first-order chi connectivity index (χ1) is 15.4. The molecule has 164 valence electrons. The summed E-state index contributed by atoms with van der Waals surface area (Å²) in [5.41, 5.74) is 1.97. The van der Waals surface area contributed by atoms with Crippen molar-refractivity contribution in [1.82, 2.24) is 15.3 Å². The summed E-state index contributed by atoms with van der Waals surface area (Å²) in [5, 5.41) is 9.06. The van der Waals surface area contributed by atoms with Crippen LogP contribution < -0.4 is 16.0 Å². The molecule has 3 aromatic rings. The molecule has 0 saturated heterocycles. The lowest BCUT2D eigenvalue weighted by atomic mass is 10.2. The van der Waals surface area contributed by atoms with Crippen LogP contribution in [0.5, 0.6) is 0 Å². The highest BCUT2D eigenvalue weighted by atomic mass is 35.5. The van der Waals surface area contributed by atoms with Crippen molar-refractivity contribution in [3.63, 3.8) is 0 Å². The first-order valence-electron chi connectivity index (χ1n) is 9.54. The fourth-order valence-electron chi connectivity index (χ4n) is 2.59. The maximum Gasteiger partial charge on any atom is 0.258 e. The summed E-state index contributed by atoms with van der Waals surface area (Å²) >= 11 is 7.28. The van der Waals surface area contributed by atoms with E-state index in [4.69, 9.17) is 11.6 Å². The summed E-state index contributed by atoms with van der Waals surface area (Å²) < 4.78 is 0. The summed E-state index contributed by atoms with van der Waals surface area (Å²) in [6.07, 6.45) is 3.21. The molecule has 0 saturated carbocycles. The van der Waals surface area contributed by atoms with E-state index in [0.717, 1.165) is 5.56 Å². The Balaban J connectivity index is 1.63. The van der Waals surface area contributed by atoms with E-state index in [1.165, 1.54) is 18.7 Å². The molecule has 0 radical (unpaired) electrons. The van der Waals surface area contributed by atoms with Gasteiger partial charge in [0.1, 0.15) is 10.8 Å². The minimum Gasteiger partial charge on any atom is -0.347 e. The Kier molecular flexibility index (Phi) is 8.18. The number of carbonyl (C=O) groups excluding carboxylic acids is 3. The normalized spacial score (nSPS) is 10.3. The van der Waals surface area contributed by atoms with Crippen LogP contribution in [-0.4, -0.2) is 34.2 Å². The molecule has 0 atom stereocenters. The largest absolute Gasteiger partial charge is 0.347 e. The predicted octanol–water partition coefficient (Wildman–Crippen LogP) is 3.75. The van der Waals surface area contributed by atoms with Crippen molar-refractivity contribution in [3.05, 3.63) is 77.1 Å². The number of thioether (sulfide) groups is 1. The SMILES string of the molecule is CC(=O)NCC(=O)Nc1cc(CSc2ncccc2C(=O)Nc2ccc(Cl)cc2)ccn1. The number of hydrogen-bond donors (Lipinski definition) is 3. The monoisotopic (exact) mass is 469 g/mol. The second kappa shape index (κ2) is 11.3. The molecule has 2 aromatic heterocycles. The lowest BCUT2D eigenvalue weighted by molar-refractivity contribution is -0.122. The summed E-state index contributed by atoms with van der Waals surface area (Å²) in [6, 6.07) is 13.8. The fourth-order valence-corrected chi connectivity index (χ4v) is 3.65. The molecule has 1 aromatic carbocycles. The summed E-state index contributed by atoms with van der Waals surface area (Å²) in [4.78, 5) is 44.0. The molecular weight excluding hydrogens is 450 g/mol. The maximum absolute atomic E-state index is 12.7. The van der Waals surface area contributed by atoms with E-state index in [2.05, 4.69) is 25.9 Å². The van der Waals surface area contributed by atoms with Gasteiger partial charge in [0.2, 0.25) is 11.8 Å². The highest BCUT2D eigenvalue weighted by Gasteiger charge is 2.14. The molecule has 0 aliphatic carbocycles. The third kappa shape index (κ3) is 7.07. The molecule has 3 N–H and O–H groups in total. The molecule has 8 nitrogen and oxygen atoms in total. The third-order valence-electron chi connectivity index (χ3n) is 4.08. The van der Waals surface area contributed by atoms with Gasteiger partial charge in [-0.2, -0.15) is 0 Å². The summed E-state index contributed by atoms with van der Waals surface area (Å²) in [5.74, 6) is -0.0494. The van der Waals surface area contributed by atoms with Crippen LogP contribution in [0.4, 0.5) is 11.5 Å². The highest BCUT2D eigenvalue weighted by molar-refractivity contribution is 7.98. The van der Waals surface area contributed by atoms with Gasteiger partial charge in [0.15, 0.2) is 0 Å². The van der Waals surface area contributed by atoms with Gasteiger partial charge in [-0.25, -0.2) is 9.97 Å². The standard InChI is InChI=1S/C22H20ClN5O3S/c1-14(29)26-12-20(30)28-19-11-15(8-10-24-19)13-32-22-18(3-2-9-25-22)21(31)27-17-6-4-16(23)5-7-17/h2-11H,12-13H2,1H3,(H,26,29)(H,27,31)(H,24,28,30). The Morgan fingerprint density at radius 3 is 2.53 bits per heavy atom. The quantitative estimate of drug-likeness (QED) is 0.433. The molecule has 0 bridgehead atoms. The third-order valence-corrected chi connectivity index (χ3v) is 5.41. The Morgan fingerprint density at radius 2 is 1.78 bits per heavy atom. The molecular formula is C22H20ClN5O3S. The van der Waals surface area contributed by atoms with Crippen LogP contribution in [0.3, 0.4) is 0 Å². The molecule has 0 unspecified atom stereocenters. The average Bonchev–Trinajstić information content (AvgIpc) is 2.78. The maximum atomic E-state index is 12.7. The van der Waals surface area contributed by atoms with Crippen molar-refractivity contribution in [2.24, 2.45) is 0 Å². The number of anilines is 2. The molecule has 0 fully saturated rings. The Bertz CT molecular complexity index is 1120. The van der Waals surface area contributed by atoms with Gasteiger partial charge in [-0.3, -0.25) is 14.4 Å². The number of hydrogen-bond acceptors (Lipinski definition) is 6. The van der Waals surface area contributed by atoms with Gasteiger partial charge in [-0.1, -0.05) is 11.6 Å². The lowest BCUT2D eigenvalue weighted by Crippen LogP contribution is -2.31. The van der Waals surface area contributed by atoms with E-state index in [9.17, 15) is 14.4 Å². The molecule has 3 rings (SSSR count). The average molecular weight is 470 g/mol. The van der Waals surface area contributed by atoms with Crippen molar-refractivity contribution in [2.45, 2.75) is 17.7 Å². The van der Waals surface area contributed by atoms with Crippen molar-refractivity contribution >= 4 is 52.6 Å². The minimum absolute atomic E-state index is 0.129. The molecule has 0 aliphatic heterocycles. The van der Waals surface area contributed by atoms with Crippen LogP contribution in [0.1, 0.15) is 22.8 Å². The minimum atomic E-state index is -0.372. The second-order valence-electron chi connectivity index (χ2n) is 6.61.